The lowest BCUT2D eigenvalue weighted by atomic mass is 10.1. The summed E-state index contributed by atoms with van der Waals surface area (Å²) < 4.78 is 15.7. The average Bonchev–Trinajstić information content (AvgIpc) is 3.18. The highest BCUT2D eigenvalue weighted by atomic mass is 35.5. The number of hydrogen-bond acceptors (Lipinski definition) is 2. The molecule has 3 aromatic rings. The summed E-state index contributed by atoms with van der Waals surface area (Å²) in [6, 6.07) is 14.6. The number of nitrogens with one attached hydrogen (secondary N) is 1. The van der Waals surface area contributed by atoms with Gasteiger partial charge in [0.25, 0.3) is 5.91 Å². The van der Waals surface area contributed by atoms with Crippen LogP contribution in [0.25, 0.3) is 11.6 Å². The van der Waals surface area contributed by atoms with E-state index in [-0.39, 0.29) is 18.4 Å². The Morgan fingerprint density at radius 3 is 2.72 bits per heavy atom. The summed E-state index contributed by atoms with van der Waals surface area (Å²) in [4.78, 5) is 27.0. The van der Waals surface area contributed by atoms with Gasteiger partial charge in [-0.1, -0.05) is 17.7 Å². The molecule has 0 atom stereocenters. The van der Waals surface area contributed by atoms with Gasteiger partial charge in [-0.3, -0.25) is 14.5 Å². The predicted octanol–water partition coefficient (Wildman–Crippen LogP) is 4.34. The van der Waals surface area contributed by atoms with Gasteiger partial charge in [0.1, 0.15) is 12.4 Å². The molecule has 0 bridgehead atoms. The van der Waals surface area contributed by atoms with Crippen LogP contribution in [0.15, 0.2) is 60.8 Å². The van der Waals surface area contributed by atoms with Crippen molar-refractivity contribution in [3.05, 3.63) is 82.9 Å². The second kappa shape index (κ2) is 7.56. The van der Waals surface area contributed by atoms with E-state index in [0.29, 0.717) is 27.5 Å². The average molecular weight is 410 g/mol. The van der Waals surface area contributed by atoms with Gasteiger partial charge >= 0.3 is 0 Å². The van der Waals surface area contributed by atoms with E-state index in [0.717, 1.165) is 5.69 Å². The highest BCUT2D eigenvalue weighted by Crippen LogP contribution is 2.38. The Morgan fingerprint density at radius 1 is 1.17 bits per heavy atom. The standard InChI is InChI=1S/C22H17ClFN3O2/c1-26-9-3-6-17(26)12-19-18-11-15(24)7-8-20(18)27(22(19)29)13-21(28)25-16-5-2-4-14(23)10-16/h2-12H,13H2,1H3,(H,25,28)/b19-12+. The number of aromatic nitrogens is 1. The van der Waals surface area contributed by atoms with Crippen LogP contribution in [0.2, 0.25) is 5.02 Å². The zero-order chi connectivity index (χ0) is 20.5. The Hall–Kier alpha value is -3.38. The van der Waals surface area contributed by atoms with E-state index >= 15 is 0 Å². The first-order valence-electron chi connectivity index (χ1n) is 8.92. The number of halogens is 2. The first-order chi connectivity index (χ1) is 13.9. The molecule has 0 saturated carbocycles. The number of amides is 2. The molecule has 1 aromatic heterocycles. The van der Waals surface area contributed by atoms with Crippen LogP contribution in [-0.4, -0.2) is 22.9 Å². The fourth-order valence-electron chi connectivity index (χ4n) is 3.31. The topological polar surface area (TPSA) is 54.3 Å². The molecule has 4 rings (SSSR count). The van der Waals surface area contributed by atoms with Crippen molar-refractivity contribution in [3.8, 4) is 0 Å². The zero-order valence-electron chi connectivity index (χ0n) is 15.5. The minimum Gasteiger partial charge on any atom is -0.351 e. The van der Waals surface area contributed by atoms with Crippen molar-refractivity contribution >= 4 is 46.4 Å². The Morgan fingerprint density at radius 2 is 2.00 bits per heavy atom. The van der Waals surface area contributed by atoms with Gasteiger partial charge in [-0.25, -0.2) is 4.39 Å². The van der Waals surface area contributed by atoms with Gasteiger partial charge in [0, 0.05) is 35.2 Å². The molecule has 146 valence electrons. The van der Waals surface area contributed by atoms with Crippen LogP contribution in [0.3, 0.4) is 0 Å². The normalized spacial score (nSPS) is 14.4. The van der Waals surface area contributed by atoms with E-state index in [2.05, 4.69) is 5.32 Å². The van der Waals surface area contributed by atoms with E-state index in [1.54, 1.807) is 30.3 Å². The van der Waals surface area contributed by atoms with Crippen LogP contribution in [0, 0.1) is 5.82 Å². The summed E-state index contributed by atoms with van der Waals surface area (Å²) in [5.74, 6) is -1.18. The van der Waals surface area contributed by atoms with Crippen molar-refractivity contribution in [2.75, 3.05) is 16.8 Å². The molecule has 0 spiro atoms. The molecule has 0 unspecified atom stereocenters. The number of nitrogens with zero attached hydrogens (tertiary/aromatic N) is 2. The summed E-state index contributed by atoms with van der Waals surface area (Å²) in [6.07, 6.45) is 3.56. The number of anilines is 2. The predicted molar refractivity (Wildman–Crippen MR) is 112 cm³/mol. The van der Waals surface area contributed by atoms with Gasteiger partial charge < -0.3 is 9.88 Å². The van der Waals surface area contributed by atoms with E-state index in [1.807, 2.05) is 29.9 Å². The quantitative estimate of drug-likeness (QED) is 0.651. The summed E-state index contributed by atoms with van der Waals surface area (Å²) in [7, 11) is 1.86. The molecule has 1 aliphatic rings. The van der Waals surface area contributed by atoms with Crippen LogP contribution >= 0.6 is 11.6 Å². The molecular formula is C22H17ClFN3O2. The maximum atomic E-state index is 13.9. The highest BCUT2D eigenvalue weighted by Gasteiger charge is 2.34. The smallest absolute Gasteiger partial charge is 0.259 e. The van der Waals surface area contributed by atoms with Crippen LogP contribution in [0.1, 0.15) is 11.3 Å². The summed E-state index contributed by atoms with van der Waals surface area (Å²) in [6.45, 7) is -0.200. The van der Waals surface area contributed by atoms with E-state index in [1.165, 1.54) is 23.1 Å². The SMILES string of the molecule is Cn1cccc1/C=C1/C(=O)N(CC(=O)Nc2cccc(Cl)c2)c2ccc(F)cc21. The molecule has 0 aliphatic carbocycles. The fourth-order valence-corrected chi connectivity index (χ4v) is 3.50. The Bertz CT molecular complexity index is 1150. The van der Waals surface area contributed by atoms with Crippen molar-refractivity contribution in [1.29, 1.82) is 0 Å². The van der Waals surface area contributed by atoms with E-state index < -0.39 is 5.82 Å². The summed E-state index contributed by atoms with van der Waals surface area (Å²) >= 11 is 5.94. The molecule has 0 radical (unpaired) electrons. The first-order valence-corrected chi connectivity index (χ1v) is 9.30. The minimum absolute atomic E-state index is 0.200. The van der Waals surface area contributed by atoms with Crippen LogP contribution in [-0.2, 0) is 16.6 Å². The van der Waals surface area contributed by atoms with Gasteiger partial charge in [-0.15, -0.1) is 0 Å². The molecule has 5 nitrogen and oxygen atoms in total. The van der Waals surface area contributed by atoms with Crippen LogP contribution in [0.4, 0.5) is 15.8 Å². The van der Waals surface area contributed by atoms with Crippen molar-refractivity contribution in [2.45, 2.75) is 0 Å². The van der Waals surface area contributed by atoms with Crippen LogP contribution in [0.5, 0.6) is 0 Å². The minimum atomic E-state index is -0.445. The molecule has 7 heteroatoms. The van der Waals surface area contributed by atoms with Crippen molar-refractivity contribution in [2.24, 2.45) is 7.05 Å². The highest BCUT2D eigenvalue weighted by molar-refractivity contribution is 6.36. The molecule has 2 heterocycles. The maximum absolute atomic E-state index is 13.9. The third kappa shape index (κ3) is 3.79. The van der Waals surface area contributed by atoms with Gasteiger partial charge in [-0.2, -0.15) is 0 Å². The zero-order valence-corrected chi connectivity index (χ0v) is 16.3. The number of aryl methyl sites for hydroxylation is 1. The summed E-state index contributed by atoms with van der Waals surface area (Å²) in [5.41, 5.74) is 2.64. The van der Waals surface area contributed by atoms with Gasteiger partial charge in [0.05, 0.1) is 11.3 Å². The second-order valence-corrected chi connectivity index (χ2v) is 7.15. The number of rotatable bonds is 4. The second-order valence-electron chi connectivity index (χ2n) is 6.71. The number of carbonyl (C=O) groups is 2. The summed E-state index contributed by atoms with van der Waals surface area (Å²) in [5, 5.41) is 3.22. The number of hydrogen-bond donors (Lipinski definition) is 1. The van der Waals surface area contributed by atoms with Crippen molar-refractivity contribution in [3.63, 3.8) is 0 Å². The van der Waals surface area contributed by atoms with E-state index in [4.69, 9.17) is 11.6 Å². The third-order valence-electron chi connectivity index (χ3n) is 4.70. The largest absolute Gasteiger partial charge is 0.351 e. The van der Waals surface area contributed by atoms with Gasteiger partial charge in [0.15, 0.2) is 0 Å². The first kappa shape index (κ1) is 19.0. The van der Waals surface area contributed by atoms with Crippen molar-refractivity contribution < 1.29 is 14.0 Å². The fraction of sp³-hybridized carbons (Fsp3) is 0.0909. The molecule has 0 fully saturated rings. The monoisotopic (exact) mass is 409 g/mol. The maximum Gasteiger partial charge on any atom is 0.259 e. The molecule has 1 N–H and O–H groups in total. The number of carbonyl (C=O) groups excluding carboxylic acids is 2. The van der Waals surface area contributed by atoms with E-state index in [9.17, 15) is 14.0 Å². The lowest BCUT2D eigenvalue weighted by molar-refractivity contribution is -0.118. The Kier molecular flexibility index (Phi) is 4.94. The van der Waals surface area contributed by atoms with Crippen LogP contribution < -0.4 is 10.2 Å². The lowest BCUT2D eigenvalue weighted by Crippen LogP contribution is -2.35. The number of fused-ring (bicyclic) bond motifs is 1. The van der Waals surface area contributed by atoms with Gasteiger partial charge in [-0.05, 0) is 54.6 Å². The van der Waals surface area contributed by atoms with Gasteiger partial charge in [0.2, 0.25) is 5.91 Å². The Balaban J connectivity index is 1.64. The number of benzene rings is 2. The molecule has 0 saturated heterocycles. The molecule has 1 aliphatic heterocycles. The van der Waals surface area contributed by atoms with Crippen molar-refractivity contribution in [1.82, 2.24) is 4.57 Å². The third-order valence-corrected chi connectivity index (χ3v) is 4.94. The lowest BCUT2D eigenvalue weighted by Gasteiger charge is -2.16. The molecular weight excluding hydrogens is 393 g/mol. The molecule has 2 amide bonds. The Labute approximate surface area is 172 Å². The molecule has 29 heavy (non-hydrogen) atoms. The molecule has 2 aromatic carbocycles.